The summed E-state index contributed by atoms with van der Waals surface area (Å²) in [6.07, 6.45) is 1.44. The van der Waals surface area contributed by atoms with E-state index in [1.165, 1.54) is 6.21 Å². The van der Waals surface area contributed by atoms with Gasteiger partial charge in [0.05, 0.1) is 11.2 Å². The molecule has 2 aromatic carbocycles. The van der Waals surface area contributed by atoms with Crippen LogP contribution in [0, 0.1) is 0 Å². The van der Waals surface area contributed by atoms with E-state index >= 15 is 0 Å². The average molecular weight is 337 g/mol. The third-order valence-corrected chi connectivity index (χ3v) is 3.55. The first kappa shape index (κ1) is 14.7. The summed E-state index contributed by atoms with van der Waals surface area (Å²) in [5.41, 5.74) is 3.49. The van der Waals surface area contributed by atoms with E-state index in [-0.39, 0.29) is 12.7 Å². The van der Waals surface area contributed by atoms with E-state index in [1.807, 2.05) is 0 Å². The molecule has 5 nitrogen and oxygen atoms in total. The fraction of sp³-hybridized carbons (Fsp3) is 0.0667. The first-order valence-corrected chi connectivity index (χ1v) is 7.07. The van der Waals surface area contributed by atoms with Gasteiger partial charge in [0.15, 0.2) is 11.5 Å². The van der Waals surface area contributed by atoms with Gasteiger partial charge in [-0.05, 0) is 30.3 Å². The van der Waals surface area contributed by atoms with Crippen molar-refractivity contribution in [1.29, 1.82) is 0 Å². The van der Waals surface area contributed by atoms with Crippen molar-refractivity contribution in [2.45, 2.75) is 0 Å². The number of hydrogen-bond acceptors (Lipinski definition) is 4. The number of hydrogen-bond donors (Lipinski definition) is 1. The SMILES string of the molecule is O=C(N/N=C\c1cc2c(cc1Cl)OCO2)c1ccc(Cl)cc1. The molecule has 0 spiro atoms. The van der Waals surface area contributed by atoms with Crippen LogP contribution in [0.1, 0.15) is 15.9 Å². The molecule has 7 heteroatoms. The Kier molecular flexibility index (Phi) is 4.18. The molecule has 0 aliphatic carbocycles. The summed E-state index contributed by atoms with van der Waals surface area (Å²) in [5.74, 6) is 0.840. The van der Waals surface area contributed by atoms with Crippen molar-refractivity contribution >= 4 is 35.3 Å². The molecular weight excluding hydrogens is 327 g/mol. The molecule has 0 bridgehead atoms. The molecule has 0 saturated heterocycles. The zero-order valence-corrected chi connectivity index (χ0v) is 12.7. The van der Waals surface area contributed by atoms with Gasteiger partial charge in [-0.2, -0.15) is 5.10 Å². The molecule has 0 fully saturated rings. The van der Waals surface area contributed by atoms with Crippen LogP contribution in [0.4, 0.5) is 0 Å². The summed E-state index contributed by atoms with van der Waals surface area (Å²) < 4.78 is 10.5. The minimum atomic E-state index is -0.343. The zero-order valence-electron chi connectivity index (χ0n) is 11.2. The summed E-state index contributed by atoms with van der Waals surface area (Å²) in [5, 5.41) is 4.90. The number of carbonyl (C=O) groups is 1. The van der Waals surface area contributed by atoms with Crippen LogP contribution >= 0.6 is 23.2 Å². The molecule has 0 saturated carbocycles. The van der Waals surface area contributed by atoms with Gasteiger partial charge >= 0.3 is 0 Å². The van der Waals surface area contributed by atoms with Crippen LogP contribution < -0.4 is 14.9 Å². The van der Waals surface area contributed by atoms with Crippen LogP contribution in [0.25, 0.3) is 0 Å². The monoisotopic (exact) mass is 336 g/mol. The van der Waals surface area contributed by atoms with Crippen LogP contribution in [0.3, 0.4) is 0 Å². The quantitative estimate of drug-likeness (QED) is 0.689. The molecule has 3 rings (SSSR count). The Morgan fingerprint density at radius 1 is 1.14 bits per heavy atom. The molecule has 1 aliphatic rings. The van der Waals surface area contributed by atoms with Gasteiger partial charge < -0.3 is 9.47 Å². The first-order valence-electron chi connectivity index (χ1n) is 6.31. The fourth-order valence-electron chi connectivity index (χ4n) is 1.86. The van der Waals surface area contributed by atoms with Crippen molar-refractivity contribution in [3.8, 4) is 11.5 Å². The Bertz CT molecular complexity index is 745. The van der Waals surface area contributed by atoms with Crippen LogP contribution in [0.2, 0.25) is 10.0 Å². The van der Waals surface area contributed by atoms with E-state index in [0.29, 0.717) is 32.7 Å². The first-order chi connectivity index (χ1) is 10.6. The lowest BCUT2D eigenvalue weighted by Gasteiger charge is -2.02. The van der Waals surface area contributed by atoms with E-state index in [4.69, 9.17) is 32.7 Å². The maximum absolute atomic E-state index is 11.9. The largest absolute Gasteiger partial charge is 0.454 e. The van der Waals surface area contributed by atoms with Gasteiger partial charge in [0, 0.05) is 22.2 Å². The van der Waals surface area contributed by atoms with E-state index in [9.17, 15) is 4.79 Å². The smallest absolute Gasteiger partial charge is 0.271 e. The molecule has 0 unspecified atom stereocenters. The molecule has 1 aliphatic heterocycles. The van der Waals surface area contributed by atoms with Crippen molar-refractivity contribution < 1.29 is 14.3 Å². The Balaban J connectivity index is 1.70. The highest BCUT2D eigenvalue weighted by Gasteiger charge is 2.15. The molecule has 2 aromatic rings. The maximum Gasteiger partial charge on any atom is 0.271 e. The highest BCUT2D eigenvalue weighted by atomic mass is 35.5. The number of halogens is 2. The minimum Gasteiger partial charge on any atom is -0.454 e. The second-order valence-electron chi connectivity index (χ2n) is 4.43. The van der Waals surface area contributed by atoms with Gasteiger partial charge in [-0.3, -0.25) is 4.79 Å². The van der Waals surface area contributed by atoms with E-state index in [2.05, 4.69) is 10.5 Å². The Morgan fingerprint density at radius 3 is 2.55 bits per heavy atom. The van der Waals surface area contributed by atoms with Gasteiger partial charge in [-0.1, -0.05) is 23.2 Å². The fourth-order valence-corrected chi connectivity index (χ4v) is 2.19. The summed E-state index contributed by atoms with van der Waals surface area (Å²) in [6, 6.07) is 9.83. The number of benzene rings is 2. The molecule has 22 heavy (non-hydrogen) atoms. The van der Waals surface area contributed by atoms with Crippen LogP contribution in [-0.2, 0) is 0 Å². The number of carbonyl (C=O) groups excluding carboxylic acids is 1. The molecule has 0 radical (unpaired) electrons. The normalized spacial score (nSPS) is 12.6. The second kappa shape index (κ2) is 6.25. The predicted molar refractivity (Wildman–Crippen MR) is 84.1 cm³/mol. The standard InChI is InChI=1S/C15H10Cl2N2O3/c16-11-3-1-9(2-4-11)15(20)19-18-7-10-5-13-14(6-12(10)17)22-8-21-13/h1-7H,8H2,(H,19,20)/b18-7-. The van der Waals surface area contributed by atoms with E-state index < -0.39 is 0 Å². The second-order valence-corrected chi connectivity index (χ2v) is 5.28. The van der Waals surface area contributed by atoms with Gasteiger partial charge in [0.25, 0.3) is 5.91 Å². The van der Waals surface area contributed by atoms with Crippen molar-refractivity contribution in [2.75, 3.05) is 6.79 Å². The number of fused-ring (bicyclic) bond motifs is 1. The van der Waals surface area contributed by atoms with Gasteiger partial charge in [-0.25, -0.2) is 5.43 Å². The van der Waals surface area contributed by atoms with Crippen LogP contribution in [0.15, 0.2) is 41.5 Å². The number of rotatable bonds is 3. The van der Waals surface area contributed by atoms with Crippen molar-refractivity contribution in [1.82, 2.24) is 5.43 Å². The number of ether oxygens (including phenoxy) is 2. The third-order valence-electron chi connectivity index (χ3n) is 2.97. The molecule has 1 amide bonds. The third kappa shape index (κ3) is 3.16. The number of amides is 1. The Labute approximate surface area is 136 Å². The number of hydrazone groups is 1. The van der Waals surface area contributed by atoms with Crippen LogP contribution in [-0.4, -0.2) is 18.9 Å². The summed E-state index contributed by atoms with van der Waals surface area (Å²) in [7, 11) is 0. The highest BCUT2D eigenvalue weighted by Crippen LogP contribution is 2.36. The molecule has 0 aromatic heterocycles. The van der Waals surface area contributed by atoms with E-state index in [0.717, 1.165) is 0 Å². The lowest BCUT2D eigenvalue weighted by Crippen LogP contribution is -2.17. The zero-order chi connectivity index (χ0) is 15.5. The molecule has 1 heterocycles. The molecule has 0 atom stereocenters. The van der Waals surface area contributed by atoms with Crippen molar-refractivity contribution in [3.63, 3.8) is 0 Å². The maximum atomic E-state index is 11.9. The molecule has 112 valence electrons. The number of nitrogens with zero attached hydrogens (tertiary/aromatic N) is 1. The number of nitrogens with one attached hydrogen (secondary N) is 1. The Morgan fingerprint density at radius 2 is 1.82 bits per heavy atom. The highest BCUT2D eigenvalue weighted by molar-refractivity contribution is 6.33. The van der Waals surface area contributed by atoms with Gasteiger partial charge in [-0.15, -0.1) is 0 Å². The van der Waals surface area contributed by atoms with Gasteiger partial charge in [0.1, 0.15) is 0 Å². The topological polar surface area (TPSA) is 59.9 Å². The lowest BCUT2D eigenvalue weighted by molar-refractivity contribution is 0.0955. The molecule has 1 N–H and O–H groups in total. The predicted octanol–water partition coefficient (Wildman–Crippen LogP) is 3.49. The van der Waals surface area contributed by atoms with Gasteiger partial charge in [0.2, 0.25) is 6.79 Å². The van der Waals surface area contributed by atoms with E-state index in [1.54, 1.807) is 36.4 Å². The summed E-state index contributed by atoms with van der Waals surface area (Å²) in [4.78, 5) is 11.9. The molecular formula is C15H10Cl2N2O3. The summed E-state index contributed by atoms with van der Waals surface area (Å²) >= 11 is 11.9. The lowest BCUT2D eigenvalue weighted by atomic mass is 10.2. The average Bonchev–Trinajstić information content (AvgIpc) is 2.95. The van der Waals surface area contributed by atoms with Crippen molar-refractivity contribution in [3.05, 3.63) is 57.6 Å². The van der Waals surface area contributed by atoms with Crippen molar-refractivity contribution in [2.24, 2.45) is 5.10 Å². The Hall–Kier alpha value is -2.24. The minimum absolute atomic E-state index is 0.166. The summed E-state index contributed by atoms with van der Waals surface area (Å²) in [6.45, 7) is 0.166. The van der Waals surface area contributed by atoms with Crippen LogP contribution in [0.5, 0.6) is 11.5 Å².